The summed E-state index contributed by atoms with van der Waals surface area (Å²) in [7, 11) is 0. The molecule has 2 rings (SSSR count). The number of aromatic nitrogens is 3. The van der Waals surface area contributed by atoms with Gasteiger partial charge in [0, 0.05) is 25.6 Å². The lowest BCUT2D eigenvalue weighted by Gasteiger charge is -2.18. The maximum atomic E-state index is 11.7. The van der Waals surface area contributed by atoms with E-state index >= 15 is 0 Å². The third kappa shape index (κ3) is 3.56. The molecule has 0 fully saturated rings. The van der Waals surface area contributed by atoms with Crippen molar-refractivity contribution in [2.75, 3.05) is 6.54 Å². The Hall–Kier alpha value is -2.44. The van der Waals surface area contributed by atoms with Gasteiger partial charge in [0.05, 0.1) is 5.41 Å². The van der Waals surface area contributed by atoms with Gasteiger partial charge in [0.1, 0.15) is 5.82 Å². The van der Waals surface area contributed by atoms with Crippen LogP contribution in [0.3, 0.4) is 0 Å². The molecule has 1 amide bonds. The van der Waals surface area contributed by atoms with E-state index in [-0.39, 0.29) is 12.3 Å². The van der Waals surface area contributed by atoms with E-state index in [1.165, 1.54) is 13.8 Å². The van der Waals surface area contributed by atoms with Gasteiger partial charge in [-0.05, 0) is 26.0 Å². The molecule has 0 atom stereocenters. The predicted octanol–water partition coefficient (Wildman–Crippen LogP) is 0.889. The van der Waals surface area contributed by atoms with Gasteiger partial charge in [-0.25, -0.2) is 0 Å². The lowest BCUT2D eigenvalue weighted by atomic mass is 9.89. The summed E-state index contributed by atoms with van der Waals surface area (Å²) in [6, 6.07) is 5.61. The Morgan fingerprint density at radius 3 is 2.81 bits per heavy atom. The summed E-state index contributed by atoms with van der Waals surface area (Å²) in [6.07, 6.45) is 2.34. The van der Waals surface area contributed by atoms with Crippen molar-refractivity contribution in [3.05, 3.63) is 30.2 Å². The quantitative estimate of drug-likeness (QED) is 0.823. The molecular weight excluding hydrogens is 272 g/mol. The van der Waals surface area contributed by atoms with Gasteiger partial charge < -0.3 is 10.4 Å². The average molecular weight is 290 g/mol. The Bertz CT molecular complexity index is 663. The summed E-state index contributed by atoms with van der Waals surface area (Å²) in [5, 5.41) is 19.8. The number of pyridine rings is 1. The number of rotatable bonds is 6. The second-order valence-corrected chi connectivity index (χ2v) is 5.51. The number of carboxylic acid groups (broad SMARTS) is 1. The number of carbonyl (C=O) groups is 2. The largest absolute Gasteiger partial charge is 0.481 e. The van der Waals surface area contributed by atoms with Crippen LogP contribution in [0.1, 0.15) is 26.1 Å². The Morgan fingerprint density at radius 2 is 2.10 bits per heavy atom. The van der Waals surface area contributed by atoms with E-state index in [0.717, 1.165) is 11.5 Å². The van der Waals surface area contributed by atoms with E-state index in [0.29, 0.717) is 13.0 Å². The minimum atomic E-state index is -1.06. The van der Waals surface area contributed by atoms with E-state index in [4.69, 9.17) is 5.11 Å². The summed E-state index contributed by atoms with van der Waals surface area (Å²) in [5.41, 5.74) is -0.308. The Morgan fingerprint density at radius 1 is 1.33 bits per heavy atom. The standard InChI is InChI=1S/C14H18N4O3/c1-14(2,13(20)21)9-12(19)15-7-6-11-17-16-10-5-3-4-8-18(10)11/h3-5,8H,6-7,9H2,1-2H3,(H,15,19)(H,20,21). The van der Waals surface area contributed by atoms with Crippen molar-refractivity contribution in [3.8, 4) is 0 Å². The zero-order valence-corrected chi connectivity index (χ0v) is 12.0. The van der Waals surface area contributed by atoms with Gasteiger partial charge in [0.15, 0.2) is 5.65 Å². The molecule has 2 aromatic heterocycles. The fourth-order valence-corrected chi connectivity index (χ4v) is 1.91. The molecule has 7 nitrogen and oxygen atoms in total. The number of carbonyl (C=O) groups excluding carboxylic acids is 1. The third-order valence-corrected chi connectivity index (χ3v) is 3.24. The molecule has 7 heteroatoms. The molecule has 0 bridgehead atoms. The summed E-state index contributed by atoms with van der Waals surface area (Å²) in [6.45, 7) is 3.45. The van der Waals surface area contributed by atoms with Gasteiger partial charge in [-0.3, -0.25) is 14.0 Å². The lowest BCUT2D eigenvalue weighted by Crippen LogP contribution is -2.34. The first-order chi connectivity index (χ1) is 9.90. The maximum Gasteiger partial charge on any atom is 0.309 e. The van der Waals surface area contributed by atoms with Crippen molar-refractivity contribution < 1.29 is 14.7 Å². The molecule has 0 aliphatic carbocycles. The smallest absolute Gasteiger partial charge is 0.309 e. The average Bonchev–Trinajstić information content (AvgIpc) is 2.81. The third-order valence-electron chi connectivity index (χ3n) is 3.24. The number of amides is 1. The molecule has 2 N–H and O–H groups in total. The van der Waals surface area contributed by atoms with Gasteiger partial charge in [0.2, 0.25) is 5.91 Å². The normalized spacial score (nSPS) is 11.5. The van der Waals surface area contributed by atoms with E-state index in [9.17, 15) is 9.59 Å². The van der Waals surface area contributed by atoms with Crippen molar-refractivity contribution >= 4 is 17.5 Å². The van der Waals surface area contributed by atoms with Crippen LogP contribution in [0.4, 0.5) is 0 Å². The molecule has 0 saturated heterocycles. The Balaban J connectivity index is 1.87. The number of fused-ring (bicyclic) bond motifs is 1. The van der Waals surface area contributed by atoms with E-state index in [1.807, 2.05) is 28.8 Å². The fraction of sp³-hybridized carbons (Fsp3) is 0.429. The summed E-state index contributed by atoms with van der Waals surface area (Å²) in [5.74, 6) is -0.513. The number of carboxylic acids is 1. The maximum absolute atomic E-state index is 11.7. The van der Waals surface area contributed by atoms with Crippen LogP contribution in [0.5, 0.6) is 0 Å². The second-order valence-electron chi connectivity index (χ2n) is 5.51. The van der Waals surface area contributed by atoms with Crippen LogP contribution in [0.15, 0.2) is 24.4 Å². The van der Waals surface area contributed by atoms with Crippen LogP contribution >= 0.6 is 0 Å². The molecule has 112 valence electrons. The summed E-state index contributed by atoms with van der Waals surface area (Å²) in [4.78, 5) is 22.7. The van der Waals surface area contributed by atoms with Crippen molar-refractivity contribution in [3.63, 3.8) is 0 Å². The Kier molecular flexibility index (Phi) is 4.21. The van der Waals surface area contributed by atoms with Crippen LogP contribution in [-0.4, -0.2) is 38.1 Å². The topological polar surface area (TPSA) is 96.6 Å². The van der Waals surface area contributed by atoms with Crippen molar-refractivity contribution in [2.45, 2.75) is 26.7 Å². The van der Waals surface area contributed by atoms with Crippen LogP contribution in [0.2, 0.25) is 0 Å². The molecule has 21 heavy (non-hydrogen) atoms. The van der Waals surface area contributed by atoms with Crippen LogP contribution in [0, 0.1) is 5.41 Å². The molecule has 0 spiro atoms. The zero-order chi connectivity index (χ0) is 15.5. The van der Waals surface area contributed by atoms with Gasteiger partial charge in [-0.15, -0.1) is 10.2 Å². The first-order valence-corrected chi connectivity index (χ1v) is 6.69. The van der Waals surface area contributed by atoms with Crippen molar-refractivity contribution in [1.29, 1.82) is 0 Å². The number of aliphatic carboxylic acids is 1. The van der Waals surface area contributed by atoms with Crippen LogP contribution in [0.25, 0.3) is 5.65 Å². The SMILES string of the molecule is CC(C)(CC(=O)NCCc1nnc2ccccn12)C(=O)O. The number of nitrogens with one attached hydrogen (secondary N) is 1. The highest BCUT2D eigenvalue weighted by Gasteiger charge is 2.29. The van der Waals surface area contributed by atoms with E-state index in [1.54, 1.807) is 0 Å². The predicted molar refractivity (Wildman–Crippen MR) is 75.7 cm³/mol. The minimum Gasteiger partial charge on any atom is -0.481 e. The molecule has 0 aliphatic heterocycles. The van der Waals surface area contributed by atoms with E-state index in [2.05, 4.69) is 15.5 Å². The van der Waals surface area contributed by atoms with E-state index < -0.39 is 11.4 Å². The molecule has 2 aromatic rings. The van der Waals surface area contributed by atoms with Gasteiger partial charge in [-0.2, -0.15) is 0 Å². The first-order valence-electron chi connectivity index (χ1n) is 6.69. The van der Waals surface area contributed by atoms with Crippen LogP contribution < -0.4 is 5.32 Å². The summed E-state index contributed by atoms with van der Waals surface area (Å²) >= 11 is 0. The second kappa shape index (κ2) is 5.90. The van der Waals surface area contributed by atoms with Crippen molar-refractivity contribution in [2.24, 2.45) is 5.41 Å². The van der Waals surface area contributed by atoms with Crippen LogP contribution in [-0.2, 0) is 16.0 Å². The van der Waals surface area contributed by atoms with Gasteiger partial charge in [0.25, 0.3) is 0 Å². The lowest BCUT2D eigenvalue weighted by molar-refractivity contribution is -0.149. The highest BCUT2D eigenvalue weighted by Crippen LogP contribution is 2.19. The molecule has 0 aliphatic rings. The molecule has 0 unspecified atom stereocenters. The molecule has 0 radical (unpaired) electrons. The van der Waals surface area contributed by atoms with Crippen molar-refractivity contribution in [1.82, 2.24) is 19.9 Å². The fourth-order valence-electron chi connectivity index (χ4n) is 1.91. The zero-order valence-electron chi connectivity index (χ0n) is 12.0. The Labute approximate surface area is 122 Å². The number of hydrogen-bond acceptors (Lipinski definition) is 4. The summed E-state index contributed by atoms with van der Waals surface area (Å²) < 4.78 is 1.85. The highest BCUT2D eigenvalue weighted by atomic mass is 16.4. The van der Waals surface area contributed by atoms with Gasteiger partial charge >= 0.3 is 5.97 Å². The number of hydrogen-bond donors (Lipinski definition) is 2. The molecule has 2 heterocycles. The number of nitrogens with zero attached hydrogens (tertiary/aromatic N) is 3. The molecular formula is C14H18N4O3. The monoisotopic (exact) mass is 290 g/mol. The molecule has 0 aromatic carbocycles. The first kappa shape index (κ1) is 15.0. The van der Waals surface area contributed by atoms with Gasteiger partial charge in [-0.1, -0.05) is 6.07 Å². The highest BCUT2D eigenvalue weighted by molar-refractivity contribution is 5.84. The minimum absolute atomic E-state index is 0.0527. The molecule has 0 saturated carbocycles.